The smallest absolute Gasteiger partial charge is 0.167 e. The number of phenolic OH excluding ortho intramolecular Hbond substituents is 2. The second-order valence-electron chi connectivity index (χ2n) is 10.2. The highest BCUT2D eigenvalue weighted by atomic mass is 16.5. The first-order chi connectivity index (χ1) is 18.2. The van der Waals surface area contributed by atoms with Gasteiger partial charge in [-0.1, -0.05) is 0 Å². The van der Waals surface area contributed by atoms with Gasteiger partial charge in [-0.05, 0) is 33.7 Å². The molecule has 1 saturated heterocycles. The van der Waals surface area contributed by atoms with Crippen LogP contribution in [0.5, 0.6) is 34.5 Å². The summed E-state index contributed by atoms with van der Waals surface area (Å²) in [7, 11) is 8.15. The van der Waals surface area contributed by atoms with Crippen LogP contribution in [0.25, 0.3) is 0 Å². The fourth-order valence-corrected chi connectivity index (χ4v) is 7.23. The minimum Gasteiger partial charge on any atom is -0.507 e. The highest BCUT2D eigenvalue weighted by Gasteiger charge is 2.57. The van der Waals surface area contributed by atoms with Gasteiger partial charge >= 0.3 is 0 Å². The highest BCUT2D eigenvalue weighted by Crippen LogP contribution is 2.58. The summed E-state index contributed by atoms with van der Waals surface area (Å²) < 4.78 is 22.9. The fraction of sp³-hybridized carbons (Fsp3) is 0.536. The minimum absolute atomic E-state index is 0.0846. The van der Waals surface area contributed by atoms with E-state index >= 15 is 0 Å². The topological polar surface area (TPSA) is 128 Å². The van der Waals surface area contributed by atoms with Crippen molar-refractivity contribution in [3.05, 3.63) is 33.4 Å². The molecule has 2 aromatic carbocycles. The molecule has 5 rings (SSSR count). The van der Waals surface area contributed by atoms with E-state index in [1.807, 2.05) is 7.05 Å². The van der Waals surface area contributed by atoms with Crippen molar-refractivity contribution in [2.75, 3.05) is 42.1 Å². The lowest BCUT2D eigenvalue weighted by Crippen LogP contribution is -2.68. The maximum absolute atomic E-state index is 11.4. The van der Waals surface area contributed by atoms with Crippen LogP contribution in [0.15, 0.2) is 0 Å². The summed E-state index contributed by atoms with van der Waals surface area (Å²) in [5.74, 6) is 2.09. The highest BCUT2D eigenvalue weighted by molar-refractivity contribution is 5.67. The Morgan fingerprint density at radius 2 is 1.29 bits per heavy atom. The Labute approximate surface area is 222 Å². The standard InChI is InChI=1S/C28H35N3O7/c1-12-23(33)14-9-17-22-21-15(24(34)13(2)26(36-5)28(21)38-7)8-16(30(22)3)18(10-29)31(17)19(11-32)20(14)27(37-6)25(12)35-4/h16-19,22,32-34H,8-9,11H2,1-7H3/t16-,17-,18?,19-,22-/m0/s1. The molecule has 1 fully saturated rings. The molecular weight excluding hydrogens is 490 g/mol. The molecule has 0 radical (unpaired) electrons. The van der Waals surface area contributed by atoms with Crippen molar-refractivity contribution >= 4 is 0 Å². The Morgan fingerprint density at radius 1 is 0.816 bits per heavy atom. The summed E-state index contributed by atoms with van der Waals surface area (Å²) in [5.41, 5.74) is 3.96. The van der Waals surface area contributed by atoms with Gasteiger partial charge in [0.2, 0.25) is 0 Å². The van der Waals surface area contributed by atoms with Gasteiger partial charge in [0.05, 0.1) is 53.2 Å². The summed E-state index contributed by atoms with van der Waals surface area (Å²) >= 11 is 0. The van der Waals surface area contributed by atoms with Gasteiger partial charge in [-0.15, -0.1) is 0 Å². The summed E-state index contributed by atoms with van der Waals surface area (Å²) in [6.07, 6.45) is 0.791. The van der Waals surface area contributed by atoms with Crippen LogP contribution < -0.4 is 18.9 Å². The molecule has 0 amide bonds. The number of likely N-dealkylation sites (N-methyl/N-ethyl adjacent to an activating group) is 1. The largest absolute Gasteiger partial charge is 0.507 e. The fourth-order valence-electron chi connectivity index (χ4n) is 7.23. The lowest BCUT2D eigenvalue weighted by molar-refractivity contribution is -0.0828. The minimum atomic E-state index is -0.629. The maximum Gasteiger partial charge on any atom is 0.167 e. The lowest BCUT2D eigenvalue weighted by Gasteiger charge is -2.59. The molecule has 38 heavy (non-hydrogen) atoms. The van der Waals surface area contributed by atoms with E-state index in [-0.39, 0.29) is 36.2 Å². The number of benzene rings is 2. The Morgan fingerprint density at radius 3 is 1.76 bits per heavy atom. The van der Waals surface area contributed by atoms with Crippen LogP contribution in [0, 0.1) is 25.2 Å². The van der Waals surface area contributed by atoms with Crippen LogP contribution in [0.4, 0.5) is 0 Å². The molecule has 3 heterocycles. The molecule has 10 heteroatoms. The number of aliphatic hydroxyl groups is 1. The average Bonchev–Trinajstić information content (AvgIpc) is 2.92. The first kappa shape index (κ1) is 26.2. The van der Waals surface area contributed by atoms with E-state index < -0.39 is 12.1 Å². The quantitative estimate of drug-likeness (QED) is 0.536. The number of ether oxygens (including phenoxy) is 4. The number of nitrogens with zero attached hydrogens (tertiary/aromatic N) is 3. The average molecular weight is 526 g/mol. The van der Waals surface area contributed by atoms with Gasteiger partial charge in [0, 0.05) is 45.5 Å². The van der Waals surface area contributed by atoms with Crippen LogP contribution in [0.2, 0.25) is 0 Å². The number of piperazine rings is 1. The van der Waals surface area contributed by atoms with Crippen LogP contribution in [-0.4, -0.2) is 85.3 Å². The number of aliphatic hydroxyl groups excluding tert-OH is 1. The molecule has 5 atom stereocenters. The number of nitriles is 1. The lowest BCUT2D eigenvalue weighted by atomic mass is 9.71. The van der Waals surface area contributed by atoms with Crippen molar-refractivity contribution < 1.29 is 34.3 Å². The third-order valence-electron chi connectivity index (χ3n) is 8.85. The number of rotatable bonds is 5. The number of phenols is 2. The van der Waals surface area contributed by atoms with Crippen molar-refractivity contribution in [2.45, 2.75) is 56.9 Å². The van der Waals surface area contributed by atoms with Gasteiger partial charge in [0.25, 0.3) is 0 Å². The molecule has 0 aromatic heterocycles. The van der Waals surface area contributed by atoms with Crippen LogP contribution >= 0.6 is 0 Å². The van der Waals surface area contributed by atoms with Crippen LogP contribution in [-0.2, 0) is 12.8 Å². The van der Waals surface area contributed by atoms with Gasteiger partial charge < -0.3 is 34.3 Å². The molecule has 3 N–H and O–H groups in total. The Balaban J connectivity index is 1.83. The number of methoxy groups -OCH3 is 4. The molecule has 0 aliphatic carbocycles. The molecule has 10 nitrogen and oxygen atoms in total. The van der Waals surface area contributed by atoms with Gasteiger partial charge in [-0.25, -0.2) is 0 Å². The molecule has 3 aliphatic rings. The first-order valence-corrected chi connectivity index (χ1v) is 12.6. The van der Waals surface area contributed by atoms with Crippen LogP contribution in [0.3, 0.4) is 0 Å². The van der Waals surface area contributed by atoms with E-state index in [1.54, 1.807) is 28.1 Å². The molecule has 2 aromatic rings. The first-order valence-electron chi connectivity index (χ1n) is 12.6. The van der Waals surface area contributed by atoms with Gasteiger partial charge in [0.15, 0.2) is 23.0 Å². The second-order valence-corrected chi connectivity index (χ2v) is 10.2. The zero-order valence-electron chi connectivity index (χ0n) is 22.8. The summed E-state index contributed by atoms with van der Waals surface area (Å²) in [6, 6.07) is 0.336. The maximum atomic E-state index is 11.4. The zero-order valence-corrected chi connectivity index (χ0v) is 22.8. The molecule has 0 saturated carbocycles. The SMILES string of the molecule is COc1c(C)c(O)c2c(c1OC)[C@@H]1[C@@H]3Cc4c(O)c(C)c(OC)c(OC)c4[C@H](CO)N3C(C#N)[C@H](C2)N1C. The molecule has 3 aliphatic heterocycles. The Kier molecular flexibility index (Phi) is 6.50. The van der Waals surface area contributed by atoms with E-state index in [2.05, 4.69) is 15.9 Å². The second kappa shape index (κ2) is 9.42. The monoisotopic (exact) mass is 525 g/mol. The number of hydrogen-bond acceptors (Lipinski definition) is 10. The molecule has 0 spiro atoms. The van der Waals surface area contributed by atoms with E-state index in [4.69, 9.17) is 18.9 Å². The van der Waals surface area contributed by atoms with Gasteiger partial charge in [-0.3, -0.25) is 9.80 Å². The van der Waals surface area contributed by atoms with Crippen molar-refractivity contribution in [3.63, 3.8) is 0 Å². The van der Waals surface area contributed by atoms with E-state index in [9.17, 15) is 20.6 Å². The van der Waals surface area contributed by atoms with Crippen LogP contribution in [0.1, 0.15) is 45.5 Å². The van der Waals surface area contributed by atoms with Crippen molar-refractivity contribution in [2.24, 2.45) is 0 Å². The predicted octanol–water partition coefficient (Wildman–Crippen LogP) is 2.51. The third-order valence-corrected chi connectivity index (χ3v) is 8.85. The van der Waals surface area contributed by atoms with E-state index in [1.165, 1.54) is 14.2 Å². The van der Waals surface area contributed by atoms with E-state index in [0.29, 0.717) is 58.1 Å². The molecule has 2 bridgehead atoms. The number of fused-ring (bicyclic) bond motifs is 7. The van der Waals surface area contributed by atoms with Crippen molar-refractivity contribution in [1.82, 2.24) is 9.80 Å². The predicted molar refractivity (Wildman–Crippen MR) is 138 cm³/mol. The Hall–Kier alpha value is -3.39. The Bertz CT molecular complexity index is 1340. The number of hydrogen-bond donors (Lipinski definition) is 3. The molecular formula is C28H35N3O7. The zero-order chi connectivity index (χ0) is 27.6. The molecule has 204 valence electrons. The van der Waals surface area contributed by atoms with Crippen molar-refractivity contribution in [3.8, 4) is 40.6 Å². The summed E-state index contributed by atoms with van der Waals surface area (Å²) in [5, 5.41) is 43.9. The summed E-state index contributed by atoms with van der Waals surface area (Å²) in [4.78, 5) is 4.22. The van der Waals surface area contributed by atoms with Gasteiger partial charge in [-0.2, -0.15) is 5.26 Å². The number of aromatic hydroxyl groups is 2. The molecule has 1 unspecified atom stereocenters. The normalized spacial score (nSPS) is 26.0. The summed E-state index contributed by atoms with van der Waals surface area (Å²) in [6.45, 7) is 3.26. The van der Waals surface area contributed by atoms with Crippen molar-refractivity contribution in [1.29, 1.82) is 5.26 Å². The third kappa shape index (κ3) is 3.22. The van der Waals surface area contributed by atoms with E-state index in [0.717, 1.165) is 11.1 Å². The van der Waals surface area contributed by atoms with Gasteiger partial charge in [0.1, 0.15) is 17.5 Å².